The molecule has 5 heterocycles. The summed E-state index contributed by atoms with van der Waals surface area (Å²) in [7, 11) is 0. The van der Waals surface area contributed by atoms with Gasteiger partial charge in [-0.05, 0) is 57.0 Å². The molecule has 0 saturated carbocycles. The number of carbonyl (C=O) groups is 1. The zero-order valence-corrected chi connectivity index (χ0v) is 16.9. The third-order valence-corrected chi connectivity index (χ3v) is 6.49. The molecule has 154 valence electrons. The van der Waals surface area contributed by atoms with Gasteiger partial charge >= 0.3 is 0 Å². The summed E-state index contributed by atoms with van der Waals surface area (Å²) in [5, 5.41) is 4.59. The molecular formula is C22H29N5O2. The molecule has 0 N–H and O–H groups in total. The maximum absolute atomic E-state index is 13.0. The van der Waals surface area contributed by atoms with E-state index in [1.165, 1.54) is 32.4 Å². The zero-order chi connectivity index (χ0) is 19.6. The molecule has 2 aromatic heterocycles. The van der Waals surface area contributed by atoms with Crippen molar-refractivity contribution in [2.45, 2.75) is 57.2 Å². The first kappa shape index (κ1) is 18.6. The molecule has 1 atom stereocenters. The van der Waals surface area contributed by atoms with Crippen molar-refractivity contribution in [3.05, 3.63) is 42.0 Å². The number of hydrogen-bond acceptors (Lipinski definition) is 5. The van der Waals surface area contributed by atoms with Gasteiger partial charge in [0.2, 0.25) is 0 Å². The summed E-state index contributed by atoms with van der Waals surface area (Å²) < 4.78 is 7.90. The highest BCUT2D eigenvalue weighted by Gasteiger charge is 2.31. The van der Waals surface area contributed by atoms with E-state index in [-0.39, 0.29) is 12.0 Å². The first-order valence-electron chi connectivity index (χ1n) is 10.9. The second-order valence-electron chi connectivity index (χ2n) is 8.46. The quantitative estimate of drug-likeness (QED) is 0.795. The number of fused-ring (bicyclic) bond motifs is 1. The van der Waals surface area contributed by atoms with Crippen LogP contribution in [0, 0.1) is 0 Å². The van der Waals surface area contributed by atoms with E-state index in [0.717, 1.165) is 43.8 Å². The highest BCUT2D eigenvalue weighted by atomic mass is 16.5. The van der Waals surface area contributed by atoms with Gasteiger partial charge in [-0.15, -0.1) is 0 Å². The highest BCUT2D eigenvalue weighted by molar-refractivity contribution is 5.92. The monoisotopic (exact) mass is 395 g/mol. The van der Waals surface area contributed by atoms with Crippen LogP contribution in [-0.4, -0.2) is 68.8 Å². The van der Waals surface area contributed by atoms with Gasteiger partial charge in [0, 0.05) is 37.4 Å². The van der Waals surface area contributed by atoms with Crippen molar-refractivity contribution in [2.24, 2.45) is 0 Å². The van der Waals surface area contributed by atoms with E-state index < -0.39 is 0 Å². The molecule has 2 saturated heterocycles. The molecule has 3 aliphatic rings. The first-order chi connectivity index (χ1) is 14.3. The van der Waals surface area contributed by atoms with Crippen LogP contribution in [0.4, 0.5) is 0 Å². The van der Waals surface area contributed by atoms with Crippen molar-refractivity contribution in [1.82, 2.24) is 24.6 Å². The van der Waals surface area contributed by atoms with E-state index >= 15 is 0 Å². The summed E-state index contributed by atoms with van der Waals surface area (Å²) in [5.41, 5.74) is 1.65. The molecule has 5 rings (SSSR count). The Hall–Kier alpha value is -2.41. The average Bonchev–Trinajstić information content (AvgIpc) is 3.33. The van der Waals surface area contributed by atoms with Crippen molar-refractivity contribution in [2.75, 3.05) is 26.2 Å². The van der Waals surface area contributed by atoms with Gasteiger partial charge in [0.25, 0.3) is 5.91 Å². The number of ether oxygens (including phenoxy) is 1. The van der Waals surface area contributed by atoms with Crippen molar-refractivity contribution < 1.29 is 9.53 Å². The highest BCUT2D eigenvalue weighted by Crippen LogP contribution is 2.24. The van der Waals surface area contributed by atoms with Crippen molar-refractivity contribution in [3.63, 3.8) is 0 Å². The van der Waals surface area contributed by atoms with Crippen LogP contribution in [0.2, 0.25) is 0 Å². The van der Waals surface area contributed by atoms with E-state index in [0.29, 0.717) is 18.3 Å². The molecular weight excluding hydrogens is 366 g/mol. The number of nitrogens with zero attached hydrogens (tertiary/aromatic N) is 5. The normalized spacial score (nSPS) is 23.2. The second kappa shape index (κ2) is 8.14. The number of likely N-dealkylation sites (tertiary alicyclic amines) is 2. The Kier molecular flexibility index (Phi) is 5.23. The summed E-state index contributed by atoms with van der Waals surface area (Å²) in [6, 6.07) is 6.38. The molecule has 0 spiro atoms. The lowest BCUT2D eigenvalue weighted by atomic mass is 9.99. The fourth-order valence-electron chi connectivity index (χ4n) is 4.94. The van der Waals surface area contributed by atoms with Crippen LogP contribution in [0.1, 0.15) is 48.3 Å². The third kappa shape index (κ3) is 4.01. The van der Waals surface area contributed by atoms with Crippen LogP contribution in [0.3, 0.4) is 0 Å². The van der Waals surface area contributed by atoms with Crippen molar-refractivity contribution in [3.8, 4) is 5.75 Å². The Labute approximate surface area is 171 Å². The summed E-state index contributed by atoms with van der Waals surface area (Å²) >= 11 is 0. The van der Waals surface area contributed by atoms with Crippen molar-refractivity contribution >= 4 is 5.91 Å². The largest absolute Gasteiger partial charge is 0.486 e. The molecule has 3 aliphatic heterocycles. The van der Waals surface area contributed by atoms with E-state index in [4.69, 9.17) is 4.74 Å². The lowest BCUT2D eigenvalue weighted by molar-refractivity contribution is 0.0583. The Morgan fingerprint density at radius 2 is 1.93 bits per heavy atom. The zero-order valence-electron chi connectivity index (χ0n) is 16.9. The summed E-state index contributed by atoms with van der Waals surface area (Å²) in [4.78, 5) is 21.7. The van der Waals surface area contributed by atoms with Crippen LogP contribution in [0.5, 0.6) is 5.75 Å². The van der Waals surface area contributed by atoms with Crippen LogP contribution >= 0.6 is 0 Å². The smallest absolute Gasteiger partial charge is 0.274 e. The number of piperidine rings is 2. The Morgan fingerprint density at radius 3 is 2.66 bits per heavy atom. The molecule has 1 amide bonds. The van der Waals surface area contributed by atoms with Crippen molar-refractivity contribution in [1.29, 1.82) is 0 Å². The maximum atomic E-state index is 13.0. The predicted octanol–water partition coefficient (Wildman–Crippen LogP) is 2.37. The van der Waals surface area contributed by atoms with Gasteiger partial charge in [-0.2, -0.15) is 5.10 Å². The topological polar surface area (TPSA) is 63.5 Å². The van der Waals surface area contributed by atoms with E-state index in [1.807, 2.05) is 27.8 Å². The number of hydrogen-bond donors (Lipinski definition) is 0. The second-order valence-corrected chi connectivity index (χ2v) is 8.46. The molecule has 0 aromatic carbocycles. The molecule has 2 aromatic rings. The van der Waals surface area contributed by atoms with Gasteiger partial charge in [0.1, 0.15) is 11.9 Å². The first-order valence-corrected chi connectivity index (χ1v) is 10.9. The Balaban J connectivity index is 1.15. The van der Waals surface area contributed by atoms with E-state index in [9.17, 15) is 4.79 Å². The Bertz CT molecular complexity index is 815. The maximum Gasteiger partial charge on any atom is 0.274 e. The minimum absolute atomic E-state index is 0.0474. The predicted molar refractivity (Wildman–Crippen MR) is 109 cm³/mol. The van der Waals surface area contributed by atoms with E-state index in [2.05, 4.69) is 15.0 Å². The Morgan fingerprint density at radius 1 is 1.10 bits per heavy atom. The van der Waals surface area contributed by atoms with E-state index in [1.54, 1.807) is 12.4 Å². The summed E-state index contributed by atoms with van der Waals surface area (Å²) in [6.45, 7) is 4.82. The minimum atomic E-state index is 0.0474. The van der Waals surface area contributed by atoms with Gasteiger partial charge < -0.3 is 14.5 Å². The van der Waals surface area contributed by atoms with Gasteiger partial charge in [0.05, 0.1) is 12.7 Å². The van der Waals surface area contributed by atoms with Crippen LogP contribution in [0.15, 0.2) is 30.6 Å². The molecule has 0 bridgehead atoms. The van der Waals surface area contributed by atoms with Gasteiger partial charge in [-0.25, -0.2) is 0 Å². The number of amides is 1. The summed E-state index contributed by atoms with van der Waals surface area (Å²) in [5.74, 6) is 0.852. The van der Waals surface area contributed by atoms with Gasteiger partial charge in [-0.3, -0.25) is 14.5 Å². The fourth-order valence-corrected chi connectivity index (χ4v) is 4.94. The standard InChI is InChI=1S/C22H29N5O2/c28-22(26-11-6-17(7-12-26)25-9-2-1-3-10-25)21-14-18-13-20(16-27(18)24-21)29-19-5-4-8-23-15-19/h4-5,8,14-15,17,20H,1-3,6-7,9-13,16H2/t20-/m0/s1. The van der Waals surface area contributed by atoms with Gasteiger partial charge in [0.15, 0.2) is 5.69 Å². The summed E-state index contributed by atoms with van der Waals surface area (Å²) in [6.07, 6.45) is 10.5. The molecule has 0 aliphatic carbocycles. The fraction of sp³-hybridized carbons (Fsp3) is 0.591. The lowest BCUT2D eigenvalue weighted by Gasteiger charge is -2.40. The number of carbonyl (C=O) groups excluding carboxylic acids is 1. The van der Waals surface area contributed by atoms with Gasteiger partial charge in [-0.1, -0.05) is 6.42 Å². The molecule has 7 heteroatoms. The number of pyridine rings is 1. The number of aromatic nitrogens is 3. The van der Waals surface area contributed by atoms with Crippen LogP contribution < -0.4 is 4.74 Å². The molecule has 2 fully saturated rings. The lowest BCUT2D eigenvalue weighted by Crippen LogP contribution is -2.48. The van der Waals surface area contributed by atoms with Crippen LogP contribution in [-0.2, 0) is 13.0 Å². The number of rotatable bonds is 4. The third-order valence-electron chi connectivity index (χ3n) is 6.49. The average molecular weight is 396 g/mol. The SMILES string of the molecule is O=C(c1cc2n(n1)C[C@@H](Oc1cccnc1)C2)N1CCC(N2CCCCC2)CC1. The van der Waals surface area contributed by atoms with Crippen LogP contribution in [0.25, 0.3) is 0 Å². The molecule has 7 nitrogen and oxygen atoms in total. The minimum Gasteiger partial charge on any atom is -0.486 e. The molecule has 0 radical (unpaired) electrons. The molecule has 29 heavy (non-hydrogen) atoms. The molecule has 0 unspecified atom stereocenters.